The van der Waals surface area contributed by atoms with E-state index in [9.17, 15) is 9.59 Å². The van der Waals surface area contributed by atoms with Gasteiger partial charge in [0.05, 0.1) is 18.4 Å². The van der Waals surface area contributed by atoms with Gasteiger partial charge in [-0.1, -0.05) is 13.3 Å². The van der Waals surface area contributed by atoms with Gasteiger partial charge in [-0.3, -0.25) is 9.48 Å². The minimum absolute atomic E-state index is 0.268. The van der Waals surface area contributed by atoms with E-state index in [0.29, 0.717) is 23.1 Å². The summed E-state index contributed by atoms with van der Waals surface area (Å²) in [5.74, 6) is 0.0201. The number of carbonyl (C=O) groups is 2. The van der Waals surface area contributed by atoms with E-state index in [1.165, 1.54) is 22.3 Å². The summed E-state index contributed by atoms with van der Waals surface area (Å²) in [5, 5.41) is 7.55. The highest BCUT2D eigenvalue weighted by molar-refractivity contribution is 7.17. The van der Waals surface area contributed by atoms with Crippen LogP contribution in [0.25, 0.3) is 6.08 Å². The highest BCUT2D eigenvalue weighted by Crippen LogP contribution is 2.40. The van der Waals surface area contributed by atoms with Crippen molar-refractivity contribution in [2.75, 3.05) is 11.9 Å². The van der Waals surface area contributed by atoms with Crippen LogP contribution < -0.4 is 5.32 Å². The smallest absolute Gasteiger partial charge is 0.341 e. The molecular formula is C20H25N3O3S. The van der Waals surface area contributed by atoms with Crippen LogP contribution >= 0.6 is 11.3 Å². The standard InChI is InChI=1S/C20H25N3O3S/c1-4-13-6-8-15-16(10-13)27-19(18(15)20(25)26-5-2)22-17(24)9-7-14-11-21-23(3)12-14/h7,9,11-13H,4-6,8,10H2,1-3H3,(H,22,24)/b9-7-/t13-/m0/s1. The van der Waals surface area contributed by atoms with Crippen LogP contribution in [-0.2, 0) is 29.4 Å². The lowest BCUT2D eigenvalue weighted by Crippen LogP contribution is -2.16. The summed E-state index contributed by atoms with van der Waals surface area (Å²) in [6, 6.07) is 0. The number of aryl methyl sites for hydroxylation is 1. The van der Waals surface area contributed by atoms with Gasteiger partial charge in [0.25, 0.3) is 0 Å². The molecule has 0 radical (unpaired) electrons. The normalized spacial score (nSPS) is 16.3. The van der Waals surface area contributed by atoms with Crippen molar-refractivity contribution in [1.82, 2.24) is 9.78 Å². The Bertz CT molecular complexity index is 866. The van der Waals surface area contributed by atoms with E-state index in [0.717, 1.165) is 36.8 Å². The van der Waals surface area contributed by atoms with Crippen molar-refractivity contribution in [3.63, 3.8) is 0 Å². The fourth-order valence-corrected chi connectivity index (χ4v) is 4.71. The predicted octanol–water partition coefficient (Wildman–Crippen LogP) is 3.83. The molecule has 1 amide bonds. The molecule has 1 atom stereocenters. The van der Waals surface area contributed by atoms with Gasteiger partial charge in [0, 0.05) is 29.8 Å². The molecule has 2 aromatic heterocycles. The number of amides is 1. The predicted molar refractivity (Wildman–Crippen MR) is 107 cm³/mol. The largest absolute Gasteiger partial charge is 0.462 e. The Morgan fingerprint density at radius 2 is 2.26 bits per heavy atom. The van der Waals surface area contributed by atoms with Gasteiger partial charge in [0.1, 0.15) is 5.00 Å². The average molecular weight is 388 g/mol. The van der Waals surface area contributed by atoms with Crippen LogP contribution in [0.1, 0.15) is 53.1 Å². The summed E-state index contributed by atoms with van der Waals surface area (Å²) in [4.78, 5) is 26.1. The number of thiophene rings is 1. The van der Waals surface area contributed by atoms with Crippen molar-refractivity contribution in [2.45, 2.75) is 39.5 Å². The fourth-order valence-electron chi connectivity index (χ4n) is 3.36. The van der Waals surface area contributed by atoms with Gasteiger partial charge >= 0.3 is 5.97 Å². The minimum atomic E-state index is -0.350. The Morgan fingerprint density at radius 3 is 2.93 bits per heavy atom. The SMILES string of the molecule is CCOC(=O)c1c(NC(=O)/C=C\c2cnn(C)c2)sc2c1CC[C@H](CC)C2. The van der Waals surface area contributed by atoms with E-state index in [1.54, 1.807) is 23.9 Å². The van der Waals surface area contributed by atoms with Crippen LogP contribution in [-0.4, -0.2) is 28.3 Å². The Hall–Kier alpha value is -2.41. The molecule has 0 aliphatic heterocycles. The number of nitrogens with zero attached hydrogens (tertiary/aromatic N) is 2. The maximum atomic E-state index is 12.5. The van der Waals surface area contributed by atoms with Gasteiger partial charge in [-0.2, -0.15) is 5.10 Å². The Labute approximate surface area is 163 Å². The van der Waals surface area contributed by atoms with Crippen LogP contribution in [0.15, 0.2) is 18.5 Å². The van der Waals surface area contributed by atoms with Crippen molar-refractivity contribution >= 4 is 34.3 Å². The van der Waals surface area contributed by atoms with E-state index in [-0.39, 0.29) is 11.9 Å². The molecule has 0 fully saturated rings. The van der Waals surface area contributed by atoms with Crippen LogP contribution in [0.5, 0.6) is 0 Å². The molecule has 6 nitrogen and oxygen atoms in total. The molecule has 0 spiro atoms. The number of aromatic nitrogens is 2. The summed E-state index contributed by atoms with van der Waals surface area (Å²) >= 11 is 1.51. The zero-order chi connectivity index (χ0) is 19.4. The summed E-state index contributed by atoms with van der Waals surface area (Å²) in [5.41, 5.74) is 2.43. The lowest BCUT2D eigenvalue weighted by molar-refractivity contribution is -0.111. The maximum absolute atomic E-state index is 12.5. The van der Waals surface area contributed by atoms with Gasteiger partial charge in [-0.25, -0.2) is 4.79 Å². The van der Waals surface area contributed by atoms with Crippen LogP contribution in [0.4, 0.5) is 5.00 Å². The number of fused-ring (bicyclic) bond motifs is 1. The summed E-state index contributed by atoms with van der Waals surface area (Å²) < 4.78 is 6.92. The first-order valence-electron chi connectivity index (χ1n) is 9.31. The molecule has 0 saturated carbocycles. The van der Waals surface area contributed by atoms with E-state index in [2.05, 4.69) is 17.3 Å². The third kappa shape index (κ3) is 4.47. The van der Waals surface area contributed by atoms with Crippen LogP contribution in [0.2, 0.25) is 0 Å². The fraction of sp³-hybridized carbons (Fsp3) is 0.450. The third-order valence-electron chi connectivity index (χ3n) is 4.81. The van der Waals surface area contributed by atoms with E-state index < -0.39 is 0 Å². The molecule has 3 rings (SSSR count). The highest BCUT2D eigenvalue weighted by Gasteiger charge is 2.29. The lowest BCUT2D eigenvalue weighted by Gasteiger charge is -2.20. The van der Waals surface area contributed by atoms with Gasteiger partial charge in [0.15, 0.2) is 0 Å². The first kappa shape index (κ1) is 19.4. The number of esters is 1. The Balaban J connectivity index is 1.83. The average Bonchev–Trinajstić information content (AvgIpc) is 3.22. The number of anilines is 1. The molecular weight excluding hydrogens is 362 g/mol. The molecule has 1 aliphatic rings. The number of hydrogen-bond acceptors (Lipinski definition) is 5. The Kier molecular flexibility index (Phi) is 6.11. The molecule has 0 aromatic carbocycles. The third-order valence-corrected chi connectivity index (χ3v) is 5.98. The first-order chi connectivity index (χ1) is 13.0. The minimum Gasteiger partial charge on any atom is -0.462 e. The quantitative estimate of drug-likeness (QED) is 0.604. The van der Waals surface area contributed by atoms with Gasteiger partial charge in [-0.15, -0.1) is 11.3 Å². The molecule has 0 bridgehead atoms. The number of nitrogens with one attached hydrogen (secondary N) is 1. The molecule has 7 heteroatoms. The molecule has 1 N–H and O–H groups in total. The second kappa shape index (κ2) is 8.52. The number of hydrogen-bond donors (Lipinski definition) is 1. The molecule has 2 heterocycles. The Morgan fingerprint density at radius 1 is 1.44 bits per heavy atom. The van der Waals surface area contributed by atoms with Crippen molar-refractivity contribution < 1.29 is 14.3 Å². The summed E-state index contributed by atoms with van der Waals surface area (Å²) in [7, 11) is 1.82. The second-order valence-corrected chi connectivity index (χ2v) is 7.82. The molecule has 1 aliphatic carbocycles. The second-order valence-electron chi connectivity index (χ2n) is 6.72. The van der Waals surface area contributed by atoms with Crippen molar-refractivity contribution in [3.8, 4) is 0 Å². The van der Waals surface area contributed by atoms with Gasteiger partial charge in [0.2, 0.25) is 5.91 Å². The summed E-state index contributed by atoms with van der Waals surface area (Å²) in [6.45, 7) is 4.30. The van der Waals surface area contributed by atoms with Crippen molar-refractivity contribution in [3.05, 3.63) is 40.0 Å². The highest BCUT2D eigenvalue weighted by atomic mass is 32.1. The molecule has 0 unspecified atom stereocenters. The van der Waals surface area contributed by atoms with Crippen molar-refractivity contribution in [2.24, 2.45) is 13.0 Å². The zero-order valence-corrected chi connectivity index (χ0v) is 16.8. The zero-order valence-electron chi connectivity index (χ0n) is 15.9. The molecule has 27 heavy (non-hydrogen) atoms. The topological polar surface area (TPSA) is 73.2 Å². The van der Waals surface area contributed by atoms with E-state index in [4.69, 9.17) is 4.74 Å². The number of ether oxygens (including phenoxy) is 1. The van der Waals surface area contributed by atoms with Gasteiger partial charge in [-0.05, 0) is 43.7 Å². The first-order valence-corrected chi connectivity index (χ1v) is 10.1. The van der Waals surface area contributed by atoms with Crippen molar-refractivity contribution in [1.29, 1.82) is 0 Å². The molecule has 0 saturated heterocycles. The van der Waals surface area contributed by atoms with Crippen LogP contribution in [0, 0.1) is 5.92 Å². The summed E-state index contributed by atoms with van der Waals surface area (Å²) in [6.07, 6.45) is 10.7. The van der Waals surface area contributed by atoms with E-state index in [1.807, 2.05) is 13.2 Å². The van der Waals surface area contributed by atoms with E-state index >= 15 is 0 Å². The maximum Gasteiger partial charge on any atom is 0.341 e. The van der Waals surface area contributed by atoms with Gasteiger partial charge < -0.3 is 10.1 Å². The van der Waals surface area contributed by atoms with Crippen LogP contribution in [0.3, 0.4) is 0 Å². The molecule has 144 valence electrons. The number of rotatable bonds is 6. The molecule has 2 aromatic rings. The monoisotopic (exact) mass is 387 g/mol. The lowest BCUT2D eigenvalue weighted by atomic mass is 9.85. The number of carbonyl (C=O) groups excluding carboxylic acids is 2.